The standard InChI is InChI=1S/C22H24FN3O4/c23-16-4-6-18(7-5-16)29-14-19-13-26(21(27)15-30-19)17-8-11-25(12-9-17)22(28)20-3-1-2-10-24-20/h1-7,10,17,19H,8-9,11-15H2. The number of hydrogen-bond acceptors (Lipinski definition) is 5. The highest BCUT2D eigenvalue weighted by molar-refractivity contribution is 5.92. The summed E-state index contributed by atoms with van der Waals surface area (Å²) in [4.78, 5) is 32.7. The number of nitrogens with zero attached hydrogens (tertiary/aromatic N) is 3. The van der Waals surface area contributed by atoms with Crippen molar-refractivity contribution >= 4 is 11.8 Å². The van der Waals surface area contributed by atoms with Crippen LogP contribution in [0.1, 0.15) is 23.3 Å². The molecule has 0 aliphatic carbocycles. The highest BCUT2D eigenvalue weighted by Gasteiger charge is 2.34. The third-order valence-corrected chi connectivity index (χ3v) is 5.49. The lowest BCUT2D eigenvalue weighted by Gasteiger charge is -2.42. The van der Waals surface area contributed by atoms with E-state index in [-0.39, 0.29) is 43.0 Å². The van der Waals surface area contributed by atoms with Crippen molar-refractivity contribution in [2.75, 3.05) is 32.8 Å². The van der Waals surface area contributed by atoms with Gasteiger partial charge in [0, 0.05) is 25.3 Å². The van der Waals surface area contributed by atoms with E-state index in [0.29, 0.717) is 31.1 Å². The molecule has 158 valence electrons. The highest BCUT2D eigenvalue weighted by Crippen LogP contribution is 2.22. The number of likely N-dealkylation sites (tertiary alicyclic amines) is 1. The van der Waals surface area contributed by atoms with Gasteiger partial charge in [0.15, 0.2) is 0 Å². The van der Waals surface area contributed by atoms with Crippen molar-refractivity contribution in [3.05, 3.63) is 60.2 Å². The monoisotopic (exact) mass is 413 g/mol. The molecule has 1 atom stereocenters. The Balaban J connectivity index is 1.29. The predicted molar refractivity (Wildman–Crippen MR) is 107 cm³/mol. The van der Waals surface area contributed by atoms with Crippen LogP contribution in [0.4, 0.5) is 4.39 Å². The lowest BCUT2D eigenvalue weighted by molar-refractivity contribution is -0.155. The Morgan fingerprint density at radius 2 is 1.93 bits per heavy atom. The van der Waals surface area contributed by atoms with Crippen molar-refractivity contribution in [2.24, 2.45) is 0 Å². The van der Waals surface area contributed by atoms with Crippen LogP contribution in [-0.4, -0.2) is 71.6 Å². The number of halogens is 1. The number of rotatable bonds is 5. The van der Waals surface area contributed by atoms with Crippen LogP contribution in [0.5, 0.6) is 5.75 Å². The Labute approximate surface area is 174 Å². The Bertz CT molecular complexity index is 870. The van der Waals surface area contributed by atoms with Crippen molar-refractivity contribution in [3.63, 3.8) is 0 Å². The van der Waals surface area contributed by atoms with Crippen LogP contribution in [0, 0.1) is 5.82 Å². The number of ether oxygens (including phenoxy) is 2. The van der Waals surface area contributed by atoms with Gasteiger partial charge in [-0.25, -0.2) is 4.39 Å². The molecule has 8 heteroatoms. The van der Waals surface area contributed by atoms with Gasteiger partial charge in [-0.3, -0.25) is 14.6 Å². The maximum atomic E-state index is 13.0. The van der Waals surface area contributed by atoms with Gasteiger partial charge in [-0.05, 0) is 49.2 Å². The molecule has 2 fully saturated rings. The number of hydrogen-bond donors (Lipinski definition) is 0. The minimum Gasteiger partial charge on any atom is -0.491 e. The number of carbonyl (C=O) groups excluding carboxylic acids is 2. The van der Waals surface area contributed by atoms with E-state index in [1.165, 1.54) is 12.1 Å². The summed E-state index contributed by atoms with van der Waals surface area (Å²) in [6.45, 7) is 1.92. The highest BCUT2D eigenvalue weighted by atomic mass is 19.1. The molecule has 2 aliphatic rings. The number of pyridine rings is 1. The second kappa shape index (κ2) is 9.21. The third-order valence-electron chi connectivity index (χ3n) is 5.49. The second-order valence-electron chi connectivity index (χ2n) is 7.48. The predicted octanol–water partition coefficient (Wildman–Crippen LogP) is 2.13. The fraction of sp³-hybridized carbons (Fsp3) is 0.409. The van der Waals surface area contributed by atoms with Gasteiger partial charge in [0.05, 0.1) is 6.54 Å². The zero-order chi connectivity index (χ0) is 20.9. The van der Waals surface area contributed by atoms with Crippen molar-refractivity contribution < 1.29 is 23.5 Å². The molecule has 2 aromatic rings. The molecule has 0 spiro atoms. The zero-order valence-electron chi connectivity index (χ0n) is 16.6. The smallest absolute Gasteiger partial charge is 0.272 e. The van der Waals surface area contributed by atoms with Crippen molar-refractivity contribution in [3.8, 4) is 5.75 Å². The normalized spacial score (nSPS) is 20.3. The molecule has 1 aromatic carbocycles. The van der Waals surface area contributed by atoms with E-state index in [1.54, 1.807) is 41.4 Å². The van der Waals surface area contributed by atoms with E-state index in [0.717, 1.165) is 12.8 Å². The molecule has 0 radical (unpaired) electrons. The average molecular weight is 413 g/mol. The van der Waals surface area contributed by atoms with Gasteiger partial charge < -0.3 is 19.3 Å². The Morgan fingerprint density at radius 1 is 1.17 bits per heavy atom. The molecule has 30 heavy (non-hydrogen) atoms. The van der Waals surface area contributed by atoms with Gasteiger partial charge >= 0.3 is 0 Å². The lowest BCUT2D eigenvalue weighted by atomic mass is 10.0. The first-order valence-electron chi connectivity index (χ1n) is 10.1. The van der Waals surface area contributed by atoms with E-state index < -0.39 is 0 Å². The van der Waals surface area contributed by atoms with E-state index in [1.807, 2.05) is 4.90 Å². The minimum atomic E-state index is -0.319. The van der Waals surface area contributed by atoms with Crippen LogP contribution in [0.15, 0.2) is 48.7 Å². The number of aromatic nitrogens is 1. The van der Waals surface area contributed by atoms with Gasteiger partial charge in [-0.15, -0.1) is 0 Å². The van der Waals surface area contributed by atoms with Crippen molar-refractivity contribution in [1.82, 2.24) is 14.8 Å². The van der Waals surface area contributed by atoms with Gasteiger partial charge in [0.1, 0.15) is 36.6 Å². The molecule has 2 saturated heterocycles. The molecule has 4 rings (SSSR count). The Morgan fingerprint density at radius 3 is 2.63 bits per heavy atom. The first-order chi connectivity index (χ1) is 14.6. The van der Waals surface area contributed by atoms with Crippen LogP contribution in [0.3, 0.4) is 0 Å². The molecule has 0 saturated carbocycles. The number of benzene rings is 1. The van der Waals surface area contributed by atoms with Crippen LogP contribution < -0.4 is 4.74 Å². The quantitative estimate of drug-likeness (QED) is 0.751. The van der Waals surface area contributed by atoms with Crippen LogP contribution in [-0.2, 0) is 9.53 Å². The maximum absolute atomic E-state index is 13.0. The topological polar surface area (TPSA) is 72.0 Å². The molecule has 0 bridgehead atoms. The second-order valence-corrected chi connectivity index (χ2v) is 7.48. The minimum absolute atomic E-state index is 0.0184. The summed E-state index contributed by atoms with van der Waals surface area (Å²) in [5.74, 6) is 0.126. The van der Waals surface area contributed by atoms with Crippen molar-refractivity contribution in [1.29, 1.82) is 0 Å². The zero-order valence-corrected chi connectivity index (χ0v) is 16.6. The summed E-state index contributed by atoms with van der Waals surface area (Å²) in [5.41, 5.74) is 0.441. The molecule has 1 aromatic heterocycles. The van der Waals surface area contributed by atoms with Crippen molar-refractivity contribution in [2.45, 2.75) is 25.0 Å². The molecule has 7 nitrogen and oxygen atoms in total. The Hall–Kier alpha value is -3.00. The first-order valence-corrected chi connectivity index (χ1v) is 10.1. The molecule has 1 unspecified atom stereocenters. The maximum Gasteiger partial charge on any atom is 0.272 e. The number of morpholine rings is 1. The summed E-state index contributed by atoms with van der Waals surface area (Å²) in [6, 6.07) is 11.2. The number of piperidine rings is 1. The summed E-state index contributed by atoms with van der Waals surface area (Å²) < 4.78 is 24.3. The van der Waals surface area contributed by atoms with E-state index >= 15 is 0 Å². The summed E-state index contributed by atoms with van der Waals surface area (Å²) in [5, 5.41) is 0. The number of carbonyl (C=O) groups is 2. The Kier molecular flexibility index (Phi) is 6.23. The van der Waals surface area contributed by atoms with E-state index in [2.05, 4.69) is 4.98 Å². The molecule has 2 aliphatic heterocycles. The largest absolute Gasteiger partial charge is 0.491 e. The fourth-order valence-electron chi connectivity index (χ4n) is 3.85. The molecular weight excluding hydrogens is 389 g/mol. The van der Waals surface area contributed by atoms with E-state index in [4.69, 9.17) is 9.47 Å². The van der Waals surface area contributed by atoms with Gasteiger partial charge in [-0.2, -0.15) is 0 Å². The first kappa shape index (κ1) is 20.3. The van der Waals surface area contributed by atoms with Crippen LogP contribution in [0.25, 0.3) is 0 Å². The van der Waals surface area contributed by atoms with Gasteiger partial charge in [0.2, 0.25) is 5.91 Å². The van der Waals surface area contributed by atoms with Crippen LogP contribution >= 0.6 is 0 Å². The average Bonchev–Trinajstić information content (AvgIpc) is 2.80. The van der Waals surface area contributed by atoms with E-state index in [9.17, 15) is 14.0 Å². The molecule has 2 amide bonds. The lowest BCUT2D eigenvalue weighted by Crippen LogP contribution is -2.55. The van der Waals surface area contributed by atoms with Gasteiger partial charge in [0.25, 0.3) is 5.91 Å². The molecule has 3 heterocycles. The SMILES string of the molecule is O=C(c1ccccn1)N1CCC(N2CC(COc3ccc(F)cc3)OCC2=O)CC1. The third kappa shape index (κ3) is 4.76. The van der Waals surface area contributed by atoms with Gasteiger partial charge in [-0.1, -0.05) is 6.07 Å². The number of amides is 2. The molecule has 0 N–H and O–H groups in total. The summed E-state index contributed by atoms with van der Waals surface area (Å²) in [7, 11) is 0. The summed E-state index contributed by atoms with van der Waals surface area (Å²) in [6.07, 6.45) is 2.80. The summed E-state index contributed by atoms with van der Waals surface area (Å²) >= 11 is 0. The van der Waals surface area contributed by atoms with Crippen LogP contribution in [0.2, 0.25) is 0 Å². The molecular formula is C22H24FN3O4. The fourth-order valence-corrected chi connectivity index (χ4v) is 3.85.